The van der Waals surface area contributed by atoms with Gasteiger partial charge >= 0.3 is 0 Å². The molecule has 4 heterocycles. The molecule has 0 spiro atoms. The van der Waals surface area contributed by atoms with Gasteiger partial charge < -0.3 is 9.32 Å². The number of piperazine rings is 1. The van der Waals surface area contributed by atoms with Crippen molar-refractivity contribution in [3.05, 3.63) is 30.6 Å². The molecule has 8 heteroatoms. The molecule has 1 aromatic carbocycles. The molecule has 7 nitrogen and oxygen atoms in total. The van der Waals surface area contributed by atoms with Gasteiger partial charge in [0.2, 0.25) is 0 Å². The van der Waals surface area contributed by atoms with Gasteiger partial charge in [0.05, 0.1) is 11.5 Å². The van der Waals surface area contributed by atoms with Gasteiger partial charge in [-0.1, -0.05) is 12.1 Å². The van der Waals surface area contributed by atoms with Crippen molar-refractivity contribution in [2.24, 2.45) is 0 Å². The molecule has 2 fully saturated rings. The minimum absolute atomic E-state index is 0.166. The van der Waals surface area contributed by atoms with Gasteiger partial charge in [0.25, 0.3) is 0 Å². The van der Waals surface area contributed by atoms with Crippen molar-refractivity contribution in [2.45, 2.75) is 12.5 Å². The SMILES string of the molecule is O=S1(=O)CC[C@H](N2CCN(c3ncnc4c3oc3ccccc34)CC2)C1. The van der Waals surface area contributed by atoms with Crippen LogP contribution in [0.4, 0.5) is 5.82 Å². The largest absolute Gasteiger partial charge is 0.450 e. The summed E-state index contributed by atoms with van der Waals surface area (Å²) in [6.07, 6.45) is 2.35. The van der Waals surface area contributed by atoms with Crippen molar-refractivity contribution in [1.82, 2.24) is 14.9 Å². The summed E-state index contributed by atoms with van der Waals surface area (Å²) in [4.78, 5) is 13.4. The quantitative estimate of drug-likeness (QED) is 0.677. The molecule has 2 saturated heterocycles. The summed E-state index contributed by atoms with van der Waals surface area (Å²) in [6, 6.07) is 8.05. The Kier molecular flexibility index (Phi) is 3.65. The highest BCUT2D eigenvalue weighted by molar-refractivity contribution is 7.91. The fourth-order valence-electron chi connectivity index (χ4n) is 4.10. The molecule has 5 rings (SSSR count). The zero-order chi connectivity index (χ0) is 17.7. The van der Waals surface area contributed by atoms with Crippen LogP contribution in [0, 0.1) is 0 Å². The Balaban J connectivity index is 1.40. The molecule has 2 aliphatic heterocycles. The van der Waals surface area contributed by atoms with E-state index in [2.05, 4.69) is 19.8 Å². The number of benzene rings is 1. The summed E-state index contributed by atoms with van der Waals surface area (Å²) in [6.45, 7) is 3.29. The highest BCUT2D eigenvalue weighted by atomic mass is 32.2. The summed E-state index contributed by atoms with van der Waals surface area (Å²) in [5.74, 6) is 1.45. The maximum Gasteiger partial charge on any atom is 0.196 e. The first-order chi connectivity index (χ1) is 12.6. The molecule has 0 N–H and O–H groups in total. The predicted molar refractivity (Wildman–Crippen MR) is 100 cm³/mol. The number of fused-ring (bicyclic) bond motifs is 3. The van der Waals surface area contributed by atoms with E-state index in [0.717, 1.165) is 60.5 Å². The van der Waals surface area contributed by atoms with E-state index < -0.39 is 9.84 Å². The van der Waals surface area contributed by atoms with Crippen LogP contribution in [0.1, 0.15) is 6.42 Å². The molecule has 0 radical (unpaired) electrons. The number of para-hydroxylation sites is 1. The molecule has 0 bridgehead atoms. The molecule has 0 aliphatic carbocycles. The van der Waals surface area contributed by atoms with Crippen molar-refractivity contribution in [1.29, 1.82) is 0 Å². The lowest BCUT2D eigenvalue weighted by atomic mass is 10.2. The Hall–Kier alpha value is -2.19. The standard InChI is InChI=1S/C18H20N4O3S/c23-26(24)10-5-13(11-26)21-6-8-22(9-7-21)18-17-16(19-12-20-18)14-3-1-2-4-15(14)25-17/h1-4,12-13H,5-11H2/t13-/m0/s1. The van der Waals surface area contributed by atoms with E-state index in [4.69, 9.17) is 4.42 Å². The fourth-order valence-corrected chi connectivity index (χ4v) is 5.86. The van der Waals surface area contributed by atoms with Crippen molar-refractivity contribution in [3.63, 3.8) is 0 Å². The van der Waals surface area contributed by atoms with Crippen molar-refractivity contribution < 1.29 is 12.8 Å². The summed E-state index contributed by atoms with van der Waals surface area (Å²) >= 11 is 0. The first-order valence-corrected chi connectivity index (χ1v) is 10.7. The molecule has 0 amide bonds. The molecule has 0 unspecified atom stereocenters. The van der Waals surface area contributed by atoms with Gasteiger partial charge in [-0.25, -0.2) is 18.4 Å². The molecule has 26 heavy (non-hydrogen) atoms. The number of furan rings is 1. The van der Waals surface area contributed by atoms with E-state index in [1.54, 1.807) is 6.33 Å². The Morgan fingerprint density at radius 2 is 1.88 bits per heavy atom. The van der Waals surface area contributed by atoms with Crippen LogP contribution in [-0.2, 0) is 9.84 Å². The maximum absolute atomic E-state index is 11.7. The number of aromatic nitrogens is 2. The van der Waals surface area contributed by atoms with Gasteiger partial charge in [0.15, 0.2) is 21.2 Å². The second-order valence-corrected chi connectivity index (χ2v) is 9.28. The molecular weight excluding hydrogens is 352 g/mol. The van der Waals surface area contributed by atoms with Gasteiger partial charge in [0, 0.05) is 37.6 Å². The minimum atomic E-state index is -2.85. The summed E-state index contributed by atoms with van der Waals surface area (Å²) in [5, 5.41) is 1.00. The van der Waals surface area contributed by atoms with E-state index in [9.17, 15) is 8.42 Å². The van der Waals surface area contributed by atoms with Gasteiger partial charge in [0.1, 0.15) is 17.4 Å². The Bertz CT molecular complexity index is 1070. The number of hydrogen-bond donors (Lipinski definition) is 0. The van der Waals surface area contributed by atoms with E-state index in [0.29, 0.717) is 11.5 Å². The minimum Gasteiger partial charge on any atom is -0.450 e. The van der Waals surface area contributed by atoms with Crippen molar-refractivity contribution in [2.75, 3.05) is 42.6 Å². The van der Waals surface area contributed by atoms with Gasteiger partial charge in [-0.2, -0.15) is 0 Å². The Morgan fingerprint density at radius 3 is 2.65 bits per heavy atom. The molecule has 2 aliphatic rings. The van der Waals surface area contributed by atoms with Gasteiger partial charge in [-0.15, -0.1) is 0 Å². The fraction of sp³-hybridized carbons (Fsp3) is 0.444. The first-order valence-electron chi connectivity index (χ1n) is 8.92. The van der Waals surface area contributed by atoms with Crippen LogP contribution >= 0.6 is 0 Å². The number of rotatable bonds is 2. The summed E-state index contributed by atoms with van der Waals surface area (Å²) in [5.41, 5.74) is 2.39. The van der Waals surface area contributed by atoms with E-state index >= 15 is 0 Å². The zero-order valence-corrected chi connectivity index (χ0v) is 15.2. The lowest BCUT2D eigenvalue weighted by molar-refractivity contribution is 0.200. The lowest BCUT2D eigenvalue weighted by Gasteiger charge is -2.38. The number of anilines is 1. The number of sulfone groups is 1. The molecule has 3 aromatic rings. The number of nitrogens with zero attached hydrogens (tertiary/aromatic N) is 4. The third-order valence-corrected chi connectivity index (χ3v) is 7.23. The third-order valence-electron chi connectivity index (χ3n) is 5.48. The second kappa shape index (κ2) is 5.92. The van der Waals surface area contributed by atoms with Gasteiger partial charge in [-0.3, -0.25) is 4.90 Å². The number of hydrogen-bond acceptors (Lipinski definition) is 7. The monoisotopic (exact) mass is 372 g/mol. The summed E-state index contributed by atoms with van der Waals surface area (Å²) < 4.78 is 29.5. The molecular formula is C18H20N4O3S. The van der Waals surface area contributed by atoms with Gasteiger partial charge in [-0.05, 0) is 18.6 Å². The molecule has 136 valence electrons. The average Bonchev–Trinajstić information content (AvgIpc) is 3.21. The van der Waals surface area contributed by atoms with Crippen LogP contribution in [0.25, 0.3) is 22.1 Å². The normalized spacial score (nSPS) is 23.8. The van der Waals surface area contributed by atoms with E-state index in [1.165, 1.54) is 0 Å². The zero-order valence-electron chi connectivity index (χ0n) is 14.3. The van der Waals surface area contributed by atoms with Crippen LogP contribution in [0.15, 0.2) is 35.0 Å². The summed E-state index contributed by atoms with van der Waals surface area (Å²) in [7, 11) is -2.85. The highest BCUT2D eigenvalue weighted by Crippen LogP contribution is 2.32. The Labute approximate surface area is 151 Å². The van der Waals surface area contributed by atoms with Crippen LogP contribution in [0.5, 0.6) is 0 Å². The Morgan fingerprint density at radius 1 is 1.08 bits per heavy atom. The van der Waals surface area contributed by atoms with E-state index in [-0.39, 0.29) is 6.04 Å². The van der Waals surface area contributed by atoms with Crippen molar-refractivity contribution >= 4 is 37.7 Å². The molecule has 2 aromatic heterocycles. The van der Waals surface area contributed by atoms with Crippen LogP contribution in [0.2, 0.25) is 0 Å². The van der Waals surface area contributed by atoms with Crippen LogP contribution < -0.4 is 4.90 Å². The average molecular weight is 372 g/mol. The van der Waals surface area contributed by atoms with Crippen LogP contribution in [0.3, 0.4) is 0 Å². The topological polar surface area (TPSA) is 79.5 Å². The van der Waals surface area contributed by atoms with E-state index in [1.807, 2.05) is 24.3 Å². The maximum atomic E-state index is 11.7. The predicted octanol–water partition coefficient (Wildman–Crippen LogP) is 1.69. The first kappa shape index (κ1) is 16.0. The second-order valence-electron chi connectivity index (χ2n) is 7.05. The molecule has 0 saturated carbocycles. The lowest BCUT2D eigenvalue weighted by Crippen LogP contribution is -2.51. The highest BCUT2D eigenvalue weighted by Gasteiger charge is 2.34. The van der Waals surface area contributed by atoms with Crippen molar-refractivity contribution in [3.8, 4) is 0 Å². The third kappa shape index (κ3) is 2.64. The smallest absolute Gasteiger partial charge is 0.196 e. The van der Waals surface area contributed by atoms with Crippen LogP contribution in [-0.4, -0.2) is 67.0 Å². The molecule has 1 atom stereocenters.